The minimum atomic E-state index is -0.475. The summed E-state index contributed by atoms with van der Waals surface area (Å²) in [5, 5.41) is 1.79. The van der Waals surface area contributed by atoms with Gasteiger partial charge in [-0.15, -0.1) is 11.3 Å². The highest BCUT2D eigenvalue weighted by molar-refractivity contribution is 7.15. The predicted molar refractivity (Wildman–Crippen MR) is 81.5 cm³/mol. The Morgan fingerprint density at radius 2 is 2.18 bits per heavy atom. The highest BCUT2D eigenvalue weighted by atomic mass is 32.1. The Morgan fingerprint density at radius 3 is 3.00 bits per heavy atom. The van der Waals surface area contributed by atoms with Crippen molar-refractivity contribution in [1.82, 2.24) is 9.38 Å². The first-order valence-corrected chi connectivity index (χ1v) is 7.33. The van der Waals surface area contributed by atoms with Crippen LogP contribution in [0, 0.1) is 0 Å². The van der Waals surface area contributed by atoms with Gasteiger partial charge in [-0.2, -0.15) is 0 Å². The van der Waals surface area contributed by atoms with E-state index in [2.05, 4.69) is 4.98 Å². The predicted octanol–water partition coefficient (Wildman–Crippen LogP) is 2.12. The van der Waals surface area contributed by atoms with E-state index < -0.39 is 5.97 Å². The molecule has 0 spiro atoms. The maximum Gasteiger partial charge on any atom is 0.341 e. The highest BCUT2D eigenvalue weighted by Gasteiger charge is 2.12. The van der Waals surface area contributed by atoms with Crippen LogP contribution in [0.3, 0.4) is 0 Å². The van der Waals surface area contributed by atoms with Gasteiger partial charge in [-0.05, 0) is 12.1 Å². The molecule has 0 aliphatic heterocycles. The molecule has 0 aliphatic carbocycles. The normalized spacial score (nSPS) is 10.6. The van der Waals surface area contributed by atoms with Gasteiger partial charge in [0.15, 0.2) is 4.96 Å². The van der Waals surface area contributed by atoms with Crippen LogP contribution in [0.25, 0.3) is 4.96 Å². The first-order chi connectivity index (χ1) is 10.7. The summed E-state index contributed by atoms with van der Waals surface area (Å²) in [5.41, 5.74) is 0.678. The van der Waals surface area contributed by atoms with Crippen LogP contribution in [0.5, 0.6) is 5.75 Å². The molecule has 3 rings (SSSR count). The Labute approximate surface area is 129 Å². The van der Waals surface area contributed by atoms with E-state index in [9.17, 15) is 9.59 Å². The Balaban J connectivity index is 1.85. The number of fused-ring (bicyclic) bond motifs is 1. The van der Waals surface area contributed by atoms with Crippen molar-refractivity contribution in [3.05, 3.63) is 63.5 Å². The van der Waals surface area contributed by atoms with E-state index >= 15 is 0 Å². The molecule has 6 nitrogen and oxygen atoms in total. The zero-order valence-corrected chi connectivity index (χ0v) is 12.5. The number of thiazole rings is 1. The Kier molecular flexibility index (Phi) is 3.88. The molecule has 3 aromatic rings. The lowest BCUT2D eigenvalue weighted by atomic mass is 10.2. The van der Waals surface area contributed by atoms with E-state index in [0.29, 0.717) is 22.0 Å². The van der Waals surface area contributed by atoms with Crippen LogP contribution < -0.4 is 10.3 Å². The van der Waals surface area contributed by atoms with E-state index in [-0.39, 0.29) is 12.2 Å². The highest BCUT2D eigenvalue weighted by Crippen LogP contribution is 2.20. The fraction of sp³-hybridized carbons (Fsp3) is 0.133. The van der Waals surface area contributed by atoms with Crippen LogP contribution in [0.15, 0.2) is 46.7 Å². The summed E-state index contributed by atoms with van der Waals surface area (Å²) in [7, 11) is 1.31. The van der Waals surface area contributed by atoms with E-state index in [1.807, 2.05) is 0 Å². The fourth-order valence-corrected chi connectivity index (χ4v) is 2.72. The second-order valence-electron chi connectivity index (χ2n) is 4.42. The molecule has 0 radical (unpaired) electrons. The van der Waals surface area contributed by atoms with Gasteiger partial charge in [-0.1, -0.05) is 12.1 Å². The zero-order valence-electron chi connectivity index (χ0n) is 11.7. The Hall–Kier alpha value is -2.67. The molecule has 2 aromatic heterocycles. The number of hydrogen-bond acceptors (Lipinski definition) is 6. The minimum absolute atomic E-state index is 0.0949. The standard InChI is InChI=1S/C15H12N2O4S/c1-20-14(19)11-4-2-3-5-12(11)21-9-10-8-13(18)17-6-7-22-15(17)16-10/h2-8H,9H2,1H3. The molecule has 0 amide bonds. The van der Waals surface area contributed by atoms with E-state index in [4.69, 9.17) is 9.47 Å². The van der Waals surface area contributed by atoms with Crippen molar-refractivity contribution in [1.29, 1.82) is 0 Å². The van der Waals surface area contributed by atoms with Crippen LogP contribution in [0.4, 0.5) is 0 Å². The summed E-state index contributed by atoms with van der Waals surface area (Å²) in [6.07, 6.45) is 1.67. The van der Waals surface area contributed by atoms with Crippen LogP contribution in [-0.4, -0.2) is 22.5 Å². The van der Waals surface area contributed by atoms with Gasteiger partial charge >= 0.3 is 5.97 Å². The van der Waals surface area contributed by atoms with Crippen molar-refractivity contribution < 1.29 is 14.3 Å². The SMILES string of the molecule is COC(=O)c1ccccc1OCc1cc(=O)n2ccsc2n1. The lowest BCUT2D eigenvalue weighted by Crippen LogP contribution is -2.14. The monoisotopic (exact) mass is 316 g/mol. The number of hydrogen-bond donors (Lipinski definition) is 0. The van der Waals surface area contributed by atoms with Crippen molar-refractivity contribution in [2.75, 3.05) is 7.11 Å². The third kappa shape index (κ3) is 2.71. The molecule has 22 heavy (non-hydrogen) atoms. The van der Waals surface area contributed by atoms with Crippen molar-refractivity contribution in [2.24, 2.45) is 0 Å². The molecule has 2 heterocycles. The van der Waals surface area contributed by atoms with Gasteiger partial charge in [0.1, 0.15) is 17.9 Å². The molecule has 1 aromatic carbocycles. The summed E-state index contributed by atoms with van der Waals surface area (Å²) < 4.78 is 11.8. The Bertz CT molecular complexity index is 884. The van der Waals surface area contributed by atoms with Crippen LogP contribution >= 0.6 is 11.3 Å². The third-order valence-electron chi connectivity index (χ3n) is 3.02. The average molecular weight is 316 g/mol. The van der Waals surface area contributed by atoms with Crippen molar-refractivity contribution in [3.63, 3.8) is 0 Å². The number of nitrogens with zero attached hydrogens (tertiary/aromatic N) is 2. The summed E-state index contributed by atoms with van der Waals surface area (Å²) in [6, 6.07) is 8.18. The van der Waals surface area contributed by atoms with Gasteiger partial charge in [0.25, 0.3) is 5.56 Å². The maximum atomic E-state index is 11.9. The number of aromatic nitrogens is 2. The summed E-state index contributed by atoms with van der Waals surface area (Å²) in [4.78, 5) is 28.5. The summed E-state index contributed by atoms with van der Waals surface area (Å²) >= 11 is 1.37. The smallest absolute Gasteiger partial charge is 0.341 e. The van der Waals surface area contributed by atoms with Crippen LogP contribution in [0.1, 0.15) is 16.1 Å². The quantitative estimate of drug-likeness (QED) is 0.690. The van der Waals surface area contributed by atoms with Gasteiger partial charge in [-0.25, -0.2) is 9.78 Å². The number of ether oxygens (including phenoxy) is 2. The number of para-hydroxylation sites is 1. The van der Waals surface area contributed by atoms with E-state index in [1.165, 1.54) is 28.9 Å². The fourth-order valence-electron chi connectivity index (χ4n) is 1.98. The van der Waals surface area contributed by atoms with Gasteiger partial charge in [0.05, 0.1) is 12.8 Å². The van der Waals surface area contributed by atoms with Gasteiger partial charge in [-0.3, -0.25) is 9.20 Å². The molecule has 0 atom stereocenters. The first kappa shape index (κ1) is 14.3. The number of carbonyl (C=O) groups is 1. The largest absolute Gasteiger partial charge is 0.486 e. The van der Waals surface area contributed by atoms with E-state index in [1.54, 1.807) is 35.8 Å². The minimum Gasteiger partial charge on any atom is -0.486 e. The number of benzene rings is 1. The number of carbonyl (C=O) groups excluding carboxylic acids is 1. The zero-order chi connectivity index (χ0) is 15.5. The van der Waals surface area contributed by atoms with Gasteiger partial charge < -0.3 is 9.47 Å². The third-order valence-corrected chi connectivity index (χ3v) is 3.78. The molecule has 0 fully saturated rings. The molecular weight excluding hydrogens is 304 g/mol. The van der Waals surface area contributed by atoms with Gasteiger partial charge in [0, 0.05) is 17.6 Å². The van der Waals surface area contributed by atoms with Crippen LogP contribution in [-0.2, 0) is 11.3 Å². The molecular formula is C15H12N2O4S. The lowest BCUT2D eigenvalue weighted by Gasteiger charge is -2.09. The van der Waals surface area contributed by atoms with Crippen LogP contribution in [0.2, 0.25) is 0 Å². The number of esters is 1. The average Bonchev–Trinajstić information content (AvgIpc) is 3.01. The molecule has 0 saturated carbocycles. The molecule has 112 valence electrons. The molecule has 0 aliphatic rings. The maximum absolute atomic E-state index is 11.9. The summed E-state index contributed by atoms with van der Waals surface area (Å²) in [5.74, 6) is -0.0835. The lowest BCUT2D eigenvalue weighted by molar-refractivity contribution is 0.0595. The second kappa shape index (κ2) is 5.98. The first-order valence-electron chi connectivity index (χ1n) is 6.45. The summed E-state index contributed by atoms with van der Waals surface area (Å²) in [6.45, 7) is 0.0949. The second-order valence-corrected chi connectivity index (χ2v) is 5.29. The topological polar surface area (TPSA) is 69.9 Å². The van der Waals surface area contributed by atoms with E-state index in [0.717, 1.165) is 0 Å². The number of methoxy groups -OCH3 is 1. The number of rotatable bonds is 4. The van der Waals surface area contributed by atoms with Gasteiger partial charge in [0.2, 0.25) is 0 Å². The molecule has 0 saturated heterocycles. The Morgan fingerprint density at radius 1 is 1.36 bits per heavy atom. The molecule has 0 bridgehead atoms. The molecule has 7 heteroatoms. The van der Waals surface area contributed by atoms with Crippen molar-refractivity contribution >= 4 is 22.3 Å². The van der Waals surface area contributed by atoms with Crippen molar-refractivity contribution in [3.8, 4) is 5.75 Å². The molecule has 0 unspecified atom stereocenters. The molecule has 0 N–H and O–H groups in total. The van der Waals surface area contributed by atoms with Crippen molar-refractivity contribution in [2.45, 2.75) is 6.61 Å².